The number of nitrogens with zero attached hydrogens (tertiary/aromatic N) is 2. The first kappa shape index (κ1) is 22.4. The monoisotopic (exact) mass is 522 g/mol. The molecule has 2 saturated heterocycles. The number of fused-ring (bicyclic) bond motifs is 5. The van der Waals surface area contributed by atoms with Gasteiger partial charge in [-0.3, -0.25) is 14.4 Å². The third kappa shape index (κ3) is 3.41. The maximum atomic E-state index is 13.9. The topological polar surface area (TPSA) is 57.7 Å². The smallest absolute Gasteiger partial charge is 0.240 e. The van der Waals surface area contributed by atoms with Crippen molar-refractivity contribution in [1.29, 1.82) is 0 Å². The van der Waals surface area contributed by atoms with Crippen LogP contribution in [0.5, 0.6) is 0 Å². The molecule has 0 radical (unpaired) electrons. The van der Waals surface area contributed by atoms with Gasteiger partial charge in [-0.15, -0.1) is 0 Å². The second-order valence-electron chi connectivity index (χ2n) is 8.82. The van der Waals surface area contributed by atoms with Crippen LogP contribution in [-0.2, 0) is 9.59 Å². The van der Waals surface area contributed by atoms with Gasteiger partial charge in [0.05, 0.1) is 23.6 Å². The fourth-order valence-corrected chi connectivity index (χ4v) is 6.16. The van der Waals surface area contributed by atoms with E-state index < -0.39 is 29.8 Å². The van der Waals surface area contributed by atoms with E-state index in [1.165, 1.54) is 18.2 Å². The summed E-state index contributed by atoms with van der Waals surface area (Å²) in [6.45, 7) is 0. The van der Waals surface area contributed by atoms with Gasteiger partial charge in [-0.1, -0.05) is 65.2 Å². The Hall–Kier alpha value is -3.12. The number of amides is 2. The number of ketones is 1. The van der Waals surface area contributed by atoms with E-state index in [0.29, 0.717) is 26.3 Å². The molecule has 0 spiro atoms. The van der Waals surface area contributed by atoms with E-state index in [-0.39, 0.29) is 11.7 Å². The van der Waals surface area contributed by atoms with Crippen LogP contribution < -0.4 is 9.80 Å². The van der Waals surface area contributed by atoms with Crippen molar-refractivity contribution in [2.24, 2.45) is 11.8 Å². The van der Waals surface area contributed by atoms with Gasteiger partial charge in [0.25, 0.3) is 0 Å². The molecule has 3 aliphatic heterocycles. The van der Waals surface area contributed by atoms with E-state index in [9.17, 15) is 14.4 Å². The van der Waals surface area contributed by atoms with E-state index in [4.69, 9.17) is 34.8 Å². The summed E-state index contributed by atoms with van der Waals surface area (Å²) in [5, 5.41) is 1.13. The number of rotatable bonds is 3. The summed E-state index contributed by atoms with van der Waals surface area (Å²) >= 11 is 18.4. The molecular formula is C27H17Cl3N2O3. The number of carbonyl (C=O) groups is 3. The molecule has 3 heterocycles. The van der Waals surface area contributed by atoms with Gasteiger partial charge < -0.3 is 4.90 Å². The Morgan fingerprint density at radius 2 is 1.43 bits per heavy atom. The second-order valence-corrected chi connectivity index (χ2v) is 10.1. The van der Waals surface area contributed by atoms with Crippen molar-refractivity contribution in [2.75, 3.05) is 9.80 Å². The lowest BCUT2D eigenvalue weighted by molar-refractivity contribution is -0.122. The molecule has 4 atom stereocenters. The number of benzene rings is 3. The van der Waals surface area contributed by atoms with Crippen LogP contribution >= 0.6 is 34.8 Å². The minimum absolute atomic E-state index is 0.239. The molecule has 0 N–H and O–H groups in total. The summed E-state index contributed by atoms with van der Waals surface area (Å²) in [7, 11) is 0. The van der Waals surface area contributed by atoms with E-state index >= 15 is 0 Å². The number of anilines is 2. The normalized spacial score (nSPS) is 24.4. The van der Waals surface area contributed by atoms with Crippen LogP contribution in [0, 0.1) is 11.8 Å². The molecule has 0 saturated carbocycles. The first-order chi connectivity index (χ1) is 16.8. The van der Waals surface area contributed by atoms with Crippen LogP contribution in [0.3, 0.4) is 0 Å². The van der Waals surface area contributed by atoms with Gasteiger partial charge in [0, 0.05) is 26.3 Å². The van der Waals surface area contributed by atoms with Crippen molar-refractivity contribution in [2.45, 2.75) is 12.1 Å². The first-order valence-electron chi connectivity index (χ1n) is 11.0. The fraction of sp³-hybridized carbons (Fsp3) is 0.148. The highest BCUT2D eigenvalue weighted by Gasteiger charge is 2.64. The number of carbonyl (C=O) groups excluding carboxylic acids is 3. The molecule has 2 fully saturated rings. The molecule has 3 aromatic carbocycles. The van der Waals surface area contributed by atoms with Gasteiger partial charge in [-0.05, 0) is 54.1 Å². The van der Waals surface area contributed by atoms with Crippen LogP contribution in [0.2, 0.25) is 15.1 Å². The number of para-hydroxylation sites is 1. The Morgan fingerprint density at radius 3 is 2.14 bits per heavy atom. The summed E-state index contributed by atoms with van der Waals surface area (Å²) in [4.78, 5) is 44.6. The molecule has 3 aliphatic rings. The van der Waals surface area contributed by atoms with Gasteiger partial charge in [0.15, 0.2) is 5.78 Å². The van der Waals surface area contributed by atoms with E-state index in [1.54, 1.807) is 24.3 Å². The van der Waals surface area contributed by atoms with Crippen molar-refractivity contribution < 1.29 is 14.4 Å². The SMILES string of the molecule is O=C(c1ccc(Cl)cc1)[C@@H]1[C@@H]2C(=O)N(c3cc(Cl)cc(Cl)c3)C(=O)[C@@H]2[C@@H]2C=Cc3ccccc3N12. The highest BCUT2D eigenvalue weighted by atomic mass is 35.5. The Morgan fingerprint density at radius 1 is 0.771 bits per heavy atom. The number of Topliss-reactive ketones (excluding diaryl/α,β-unsaturated/α-hetero) is 1. The van der Waals surface area contributed by atoms with Crippen molar-refractivity contribution in [1.82, 2.24) is 0 Å². The quantitative estimate of drug-likeness (QED) is 0.316. The first-order valence-corrected chi connectivity index (χ1v) is 12.2. The molecule has 0 aliphatic carbocycles. The van der Waals surface area contributed by atoms with Crippen LogP contribution in [0.1, 0.15) is 15.9 Å². The Balaban J connectivity index is 1.50. The summed E-state index contributed by atoms with van der Waals surface area (Å²) in [6, 6.07) is 17.5. The standard InChI is InChI=1S/C27H17Cl3N2O3/c28-16-8-5-15(6-9-16)25(33)24-23-22(21-10-7-14-3-1-2-4-20(14)32(21)24)26(34)31(27(23)35)19-12-17(29)11-18(30)13-19/h1-13,21-24H/t21-,22+,23+,24-/m0/s1. The Kier molecular flexibility index (Phi) is 5.26. The van der Waals surface area contributed by atoms with Crippen LogP contribution in [-0.4, -0.2) is 29.7 Å². The molecule has 0 unspecified atom stereocenters. The number of imide groups is 1. The van der Waals surface area contributed by atoms with Crippen LogP contribution in [0.4, 0.5) is 11.4 Å². The largest absolute Gasteiger partial charge is 0.352 e. The minimum Gasteiger partial charge on any atom is -0.352 e. The molecule has 35 heavy (non-hydrogen) atoms. The molecule has 5 nitrogen and oxygen atoms in total. The molecule has 2 amide bonds. The van der Waals surface area contributed by atoms with Gasteiger partial charge in [-0.2, -0.15) is 0 Å². The highest BCUT2D eigenvalue weighted by Crippen LogP contribution is 2.50. The van der Waals surface area contributed by atoms with Crippen molar-refractivity contribution in [3.63, 3.8) is 0 Å². The fourth-order valence-electron chi connectivity index (χ4n) is 5.52. The van der Waals surface area contributed by atoms with Gasteiger partial charge >= 0.3 is 0 Å². The third-order valence-electron chi connectivity index (χ3n) is 6.92. The predicted octanol–water partition coefficient (Wildman–Crippen LogP) is 5.92. The molecule has 6 rings (SSSR count). The maximum absolute atomic E-state index is 13.9. The van der Waals surface area contributed by atoms with Gasteiger partial charge in [-0.25, -0.2) is 4.90 Å². The van der Waals surface area contributed by atoms with Gasteiger partial charge in [0.2, 0.25) is 11.8 Å². The lowest BCUT2D eigenvalue weighted by atomic mass is 9.86. The van der Waals surface area contributed by atoms with Crippen LogP contribution in [0.25, 0.3) is 6.08 Å². The highest BCUT2D eigenvalue weighted by molar-refractivity contribution is 6.36. The molecule has 8 heteroatoms. The maximum Gasteiger partial charge on any atom is 0.240 e. The number of hydrogen-bond acceptors (Lipinski definition) is 4. The summed E-state index contributed by atoms with van der Waals surface area (Å²) in [5.74, 6) is -2.65. The van der Waals surface area contributed by atoms with E-state index in [2.05, 4.69) is 0 Å². The zero-order valence-electron chi connectivity index (χ0n) is 18.1. The Bertz CT molecular complexity index is 1420. The summed E-state index contributed by atoms with van der Waals surface area (Å²) < 4.78 is 0. The average Bonchev–Trinajstić information content (AvgIpc) is 3.31. The second kappa shape index (κ2) is 8.23. The molecule has 0 bridgehead atoms. The molecule has 3 aromatic rings. The van der Waals surface area contributed by atoms with Gasteiger partial charge in [0.1, 0.15) is 6.04 Å². The average molecular weight is 524 g/mol. The zero-order chi connectivity index (χ0) is 24.4. The molecule has 174 valence electrons. The Labute approximate surface area is 216 Å². The lowest BCUT2D eigenvalue weighted by Gasteiger charge is -2.36. The van der Waals surface area contributed by atoms with E-state index in [1.807, 2.05) is 41.3 Å². The predicted molar refractivity (Wildman–Crippen MR) is 137 cm³/mol. The van der Waals surface area contributed by atoms with E-state index in [0.717, 1.165) is 16.2 Å². The minimum atomic E-state index is -0.871. The number of hydrogen-bond donors (Lipinski definition) is 0. The summed E-state index contributed by atoms with van der Waals surface area (Å²) in [5.41, 5.74) is 2.47. The third-order valence-corrected chi connectivity index (χ3v) is 7.61. The zero-order valence-corrected chi connectivity index (χ0v) is 20.3. The van der Waals surface area contributed by atoms with Crippen molar-refractivity contribution in [3.8, 4) is 0 Å². The molecule has 0 aromatic heterocycles. The number of halogens is 3. The summed E-state index contributed by atoms with van der Waals surface area (Å²) in [6.07, 6.45) is 3.86. The molecular weight excluding hydrogens is 507 g/mol. The van der Waals surface area contributed by atoms with Crippen LogP contribution in [0.15, 0.2) is 72.8 Å². The lowest BCUT2D eigenvalue weighted by Crippen LogP contribution is -2.48. The van der Waals surface area contributed by atoms with Crippen molar-refractivity contribution >= 4 is 69.9 Å². The van der Waals surface area contributed by atoms with Crippen molar-refractivity contribution in [3.05, 3.63) is 99.0 Å².